The first-order chi connectivity index (χ1) is 11.6. The minimum absolute atomic E-state index is 0.0661. The van der Waals surface area contributed by atoms with E-state index >= 15 is 0 Å². The molecule has 0 spiro atoms. The molecule has 0 atom stereocenters. The number of nitrogens with zero attached hydrogens (tertiary/aromatic N) is 2. The molecule has 3 rings (SSSR count). The number of pyridine rings is 1. The van der Waals surface area contributed by atoms with Gasteiger partial charge in [0.05, 0.1) is 6.20 Å². The monoisotopic (exact) mass is 323 g/mol. The number of anilines is 1. The van der Waals surface area contributed by atoms with Gasteiger partial charge in [0.25, 0.3) is 0 Å². The smallest absolute Gasteiger partial charge is 0.226 e. The lowest BCUT2D eigenvalue weighted by Crippen LogP contribution is -2.13. The largest absolute Gasteiger partial charge is 0.504 e. The molecule has 0 aliphatic carbocycles. The van der Waals surface area contributed by atoms with Gasteiger partial charge in [-0.2, -0.15) is 0 Å². The van der Waals surface area contributed by atoms with Gasteiger partial charge in [-0.1, -0.05) is 29.8 Å². The van der Waals surface area contributed by atoms with Crippen molar-refractivity contribution in [1.82, 2.24) is 9.97 Å². The third-order valence-electron chi connectivity index (χ3n) is 3.50. The molecule has 0 aliphatic heterocycles. The highest BCUT2D eigenvalue weighted by Gasteiger charge is 2.11. The molecule has 2 heterocycles. The summed E-state index contributed by atoms with van der Waals surface area (Å²) >= 11 is 0. The number of aromatic nitrogens is 2. The molecule has 0 saturated carbocycles. The van der Waals surface area contributed by atoms with Crippen molar-refractivity contribution in [3.8, 4) is 17.1 Å². The zero-order valence-electron chi connectivity index (χ0n) is 13.2. The third kappa shape index (κ3) is 3.78. The van der Waals surface area contributed by atoms with Crippen LogP contribution in [0.15, 0.2) is 53.2 Å². The summed E-state index contributed by atoms with van der Waals surface area (Å²) in [4.78, 5) is 20.0. The van der Waals surface area contributed by atoms with Gasteiger partial charge >= 0.3 is 0 Å². The van der Waals surface area contributed by atoms with Crippen LogP contribution in [-0.4, -0.2) is 21.0 Å². The molecular weight excluding hydrogens is 306 g/mol. The van der Waals surface area contributed by atoms with Crippen LogP contribution in [0.25, 0.3) is 11.3 Å². The number of nitrogens with one attached hydrogen (secondary N) is 1. The summed E-state index contributed by atoms with van der Waals surface area (Å²) in [6.45, 7) is 2.02. The van der Waals surface area contributed by atoms with Crippen molar-refractivity contribution in [2.24, 2.45) is 0 Å². The summed E-state index contributed by atoms with van der Waals surface area (Å²) in [5, 5.41) is 12.1. The number of rotatable bonds is 5. The number of aryl methyl sites for hydroxylation is 2. The fourth-order valence-corrected chi connectivity index (χ4v) is 2.19. The van der Waals surface area contributed by atoms with Crippen molar-refractivity contribution < 1.29 is 14.3 Å². The topological polar surface area (TPSA) is 88.2 Å². The molecule has 0 aliphatic rings. The summed E-state index contributed by atoms with van der Waals surface area (Å²) in [6, 6.07) is 11.0. The van der Waals surface area contributed by atoms with Crippen molar-refractivity contribution in [3.05, 3.63) is 60.2 Å². The first kappa shape index (κ1) is 15.7. The molecule has 3 aromatic rings. The first-order valence-electron chi connectivity index (χ1n) is 7.57. The molecule has 122 valence electrons. The van der Waals surface area contributed by atoms with Gasteiger partial charge in [0, 0.05) is 24.6 Å². The molecule has 2 aromatic heterocycles. The first-order valence-corrected chi connectivity index (χ1v) is 7.57. The Kier molecular flexibility index (Phi) is 4.56. The molecule has 2 N–H and O–H groups in total. The van der Waals surface area contributed by atoms with Gasteiger partial charge in [-0.25, -0.2) is 9.97 Å². The van der Waals surface area contributed by atoms with Crippen LogP contribution in [0.2, 0.25) is 0 Å². The van der Waals surface area contributed by atoms with Crippen LogP contribution in [0.3, 0.4) is 0 Å². The fourth-order valence-electron chi connectivity index (χ4n) is 2.19. The molecule has 0 fully saturated rings. The second kappa shape index (κ2) is 6.95. The maximum Gasteiger partial charge on any atom is 0.226 e. The Labute approximate surface area is 139 Å². The maximum atomic E-state index is 11.9. The van der Waals surface area contributed by atoms with Gasteiger partial charge in [-0.3, -0.25) is 4.79 Å². The Morgan fingerprint density at radius 2 is 2.00 bits per heavy atom. The highest BCUT2D eigenvalue weighted by atomic mass is 16.4. The molecule has 0 bridgehead atoms. The highest BCUT2D eigenvalue weighted by Crippen LogP contribution is 2.22. The van der Waals surface area contributed by atoms with Crippen molar-refractivity contribution in [2.75, 3.05) is 5.32 Å². The minimum Gasteiger partial charge on any atom is -0.504 e. The minimum atomic E-state index is -0.265. The van der Waals surface area contributed by atoms with Gasteiger partial charge in [-0.15, -0.1) is 0 Å². The standard InChI is InChI=1S/C18H17N3O3/c1-12-4-6-13(7-5-12)15-11-20-17(24-15)9-8-16(23)21-18-14(22)3-2-10-19-18/h2-7,10-11,22H,8-9H2,1H3,(H,19,21,23). The number of aromatic hydroxyl groups is 1. The van der Waals surface area contributed by atoms with E-state index in [1.807, 2.05) is 31.2 Å². The predicted octanol–water partition coefficient (Wildman–Crippen LogP) is 3.32. The van der Waals surface area contributed by atoms with E-state index in [1.165, 1.54) is 17.8 Å². The molecule has 1 aromatic carbocycles. The van der Waals surface area contributed by atoms with Crippen molar-refractivity contribution in [1.29, 1.82) is 0 Å². The normalized spacial score (nSPS) is 10.5. The van der Waals surface area contributed by atoms with Crippen LogP contribution < -0.4 is 5.32 Å². The van der Waals surface area contributed by atoms with E-state index in [0.717, 1.165) is 5.56 Å². The molecule has 6 heteroatoms. The number of carbonyl (C=O) groups is 1. The molecule has 0 saturated heterocycles. The summed E-state index contributed by atoms with van der Waals surface area (Å²) in [5.74, 6) is 0.983. The Morgan fingerprint density at radius 3 is 2.75 bits per heavy atom. The van der Waals surface area contributed by atoms with Crippen molar-refractivity contribution in [3.63, 3.8) is 0 Å². The van der Waals surface area contributed by atoms with Crippen molar-refractivity contribution >= 4 is 11.7 Å². The summed E-state index contributed by atoms with van der Waals surface area (Å²) < 4.78 is 5.68. The second-order valence-electron chi connectivity index (χ2n) is 5.40. The number of oxazole rings is 1. The Balaban J connectivity index is 1.58. The fraction of sp³-hybridized carbons (Fsp3) is 0.167. The lowest BCUT2D eigenvalue weighted by atomic mass is 10.1. The predicted molar refractivity (Wildman–Crippen MR) is 89.5 cm³/mol. The number of carbonyl (C=O) groups excluding carboxylic acids is 1. The van der Waals surface area contributed by atoms with Gasteiger partial charge in [0.15, 0.2) is 23.2 Å². The van der Waals surface area contributed by atoms with Gasteiger partial charge in [0.2, 0.25) is 5.91 Å². The van der Waals surface area contributed by atoms with Crippen LogP contribution in [0.5, 0.6) is 5.75 Å². The van der Waals surface area contributed by atoms with E-state index in [-0.39, 0.29) is 23.9 Å². The molecular formula is C18H17N3O3. The van der Waals surface area contributed by atoms with Gasteiger partial charge in [-0.05, 0) is 19.1 Å². The summed E-state index contributed by atoms with van der Waals surface area (Å²) in [5.41, 5.74) is 2.12. The van der Waals surface area contributed by atoms with E-state index in [4.69, 9.17) is 4.42 Å². The number of hydrogen-bond acceptors (Lipinski definition) is 5. The lowest BCUT2D eigenvalue weighted by Gasteiger charge is -2.04. The van der Waals surface area contributed by atoms with E-state index < -0.39 is 0 Å². The molecule has 24 heavy (non-hydrogen) atoms. The van der Waals surface area contributed by atoms with Gasteiger partial charge in [0.1, 0.15) is 0 Å². The SMILES string of the molecule is Cc1ccc(-c2cnc(CCC(=O)Nc3ncccc3O)o2)cc1. The summed E-state index contributed by atoms with van der Waals surface area (Å²) in [7, 11) is 0. The maximum absolute atomic E-state index is 11.9. The Hall–Kier alpha value is -3.15. The van der Waals surface area contributed by atoms with E-state index in [1.54, 1.807) is 12.3 Å². The third-order valence-corrected chi connectivity index (χ3v) is 3.50. The van der Waals surface area contributed by atoms with Crippen LogP contribution >= 0.6 is 0 Å². The van der Waals surface area contributed by atoms with Crippen LogP contribution in [0.4, 0.5) is 5.82 Å². The Morgan fingerprint density at radius 1 is 1.21 bits per heavy atom. The second-order valence-corrected chi connectivity index (χ2v) is 5.40. The zero-order valence-corrected chi connectivity index (χ0v) is 13.2. The molecule has 1 amide bonds. The average molecular weight is 323 g/mol. The van der Waals surface area contributed by atoms with Crippen LogP contribution in [0, 0.1) is 6.92 Å². The highest BCUT2D eigenvalue weighted by molar-refractivity contribution is 5.91. The number of hydrogen-bond donors (Lipinski definition) is 2. The average Bonchev–Trinajstić information content (AvgIpc) is 3.05. The molecule has 0 unspecified atom stereocenters. The van der Waals surface area contributed by atoms with E-state index in [0.29, 0.717) is 18.1 Å². The van der Waals surface area contributed by atoms with Crippen molar-refractivity contribution in [2.45, 2.75) is 19.8 Å². The number of amides is 1. The molecule has 6 nitrogen and oxygen atoms in total. The quantitative estimate of drug-likeness (QED) is 0.752. The van der Waals surface area contributed by atoms with E-state index in [2.05, 4.69) is 15.3 Å². The van der Waals surface area contributed by atoms with Crippen LogP contribution in [-0.2, 0) is 11.2 Å². The summed E-state index contributed by atoms with van der Waals surface area (Å²) in [6.07, 6.45) is 3.70. The van der Waals surface area contributed by atoms with Gasteiger partial charge < -0.3 is 14.8 Å². The molecule has 0 radical (unpaired) electrons. The van der Waals surface area contributed by atoms with E-state index in [9.17, 15) is 9.90 Å². The zero-order chi connectivity index (χ0) is 16.9. The van der Waals surface area contributed by atoms with Crippen LogP contribution in [0.1, 0.15) is 17.9 Å². The number of benzene rings is 1. The Bertz CT molecular complexity index is 841. The lowest BCUT2D eigenvalue weighted by molar-refractivity contribution is -0.116.